The fourth-order valence-corrected chi connectivity index (χ4v) is 4.90. The van der Waals surface area contributed by atoms with Crippen LogP contribution >= 0.6 is 0 Å². The van der Waals surface area contributed by atoms with E-state index in [4.69, 9.17) is 4.74 Å². The van der Waals surface area contributed by atoms with E-state index in [0.717, 1.165) is 6.54 Å². The third-order valence-corrected chi connectivity index (χ3v) is 5.81. The first kappa shape index (κ1) is 14.2. The molecule has 0 aliphatic carbocycles. The molecule has 1 aromatic carbocycles. The summed E-state index contributed by atoms with van der Waals surface area (Å²) in [5.74, 6) is 1.27. The third kappa shape index (κ3) is 2.17. The Labute approximate surface area is 132 Å². The summed E-state index contributed by atoms with van der Waals surface area (Å²) in [6.45, 7) is 3.44. The van der Waals surface area contributed by atoms with Gasteiger partial charge in [0.2, 0.25) is 5.91 Å². The van der Waals surface area contributed by atoms with Crippen molar-refractivity contribution in [3.63, 3.8) is 0 Å². The quantitative estimate of drug-likeness (QED) is 0.852. The standard InChI is InChI=1S/C18H24N2O2/c1-22-12-16(21)20-11-15(13-5-3-2-4-6-13)18-17(20)14-7-9-19(18)10-8-14/h2-6,14-15,17-18H,7-12H2,1H3/t15-,17+,18+/m1/s1. The molecule has 0 unspecified atom stereocenters. The predicted molar refractivity (Wildman–Crippen MR) is 84.6 cm³/mol. The highest BCUT2D eigenvalue weighted by Crippen LogP contribution is 2.46. The molecule has 4 heteroatoms. The van der Waals surface area contributed by atoms with Crippen molar-refractivity contribution in [1.29, 1.82) is 0 Å². The van der Waals surface area contributed by atoms with E-state index in [1.165, 1.54) is 31.5 Å². The van der Waals surface area contributed by atoms with Gasteiger partial charge in [0.15, 0.2) is 0 Å². The van der Waals surface area contributed by atoms with Crippen LogP contribution < -0.4 is 0 Å². The lowest BCUT2D eigenvalue weighted by Gasteiger charge is -2.51. The van der Waals surface area contributed by atoms with Gasteiger partial charge >= 0.3 is 0 Å². The van der Waals surface area contributed by atoms with Gasteiger partial charge in [0, 0.05) is 25.6 Å². The number of likely N-dealkylation sites (tertiary alicyclic amines) is 1. The highest BCUT2D eigenvalue weighted by Gasteiger charge is 2.54. The van der Waals surface area contributed by atoms with E-state index in [1.54, 1.807) is 7.11 Å². The largest absolute Gasteiger partial charge is 0.375 e. The topological polar surface area (TPSA) is 32.8 Å². The summed E-state index contributed by atoms with van der Waals surface area (Å²) in [7, 11) is 1.61. The maximum Gasteiger partial charge on any atom is 0.248 e. The number of piperidine rings is 3. The van der Waals surface area contributed by atoms with E-state index in [9.17, 15) is 4.79 Å². The van der Waals surface area contributed by atoms with Crippen molar-refractivity contribution in [2.75, 3.05) is 33.4 Å². The minimum atomic E-state index is 0.157. The van der Waals surface area contributed by atoms with Gasteiger partial charge in [-0.15, -0.1) is 0 Å². The van der Waals surface area contributed by atoms with Gasteiger partial charge < -0.3 is 9.64 Å². The maximum atomic E-state index is 12.5. The van der Waals surface area contributed by atoms with Crippen LogP contribution in [0.4, 0.5) is 0 Å². The van der Waals surface area contributed by atoms with Crippen LogP contribution in [0.15, 0.2) is 30.3 Å². The highest BCUT2D eigenvalue weighted by molar-refractivity contribution is 5.78. The third-order valence-electron chi connectivity index (χ3n) is 5.81. The number of nitrogens with zero attached hydrogens (tertiary/aromatic N) is 2. The Hall–Kier alpha value is -1.39. The molecule has 118 valence electrons. The van der Waals surface area contributed by atoms with Crippen LogP contribution in [0.2, 0.25) is 0 Å². The molecule has 4 nitrogen and oxygen atoms in total. The molecule has 4 heterocycles. The number of rotatable bonds is 3. The summed E-state index contributed by atoms with van der Waals surface area (Å²) in [6, 6.07) is 11.6. The summed E-state index contributed by atoms with van der Waals surface area (Å²) < 4.78 is 5.11. The van der Waals surface area contributed by atoms with Gasteiger partial charge in [0.25, 0.3) is 0 Å². The Balaban J connectivity index is 1.68. The Kier molecular flexibility index (Phi) is 3.66. The van der Waals surface area contributed by atoms with Gasteiger partial charge in [-0.05, 0) is 37.4 Å². The van der Waals surface area contributed by atoms with Crippen LogP contribution in [0.25, 0.3) is 0 Å². The van der Waals surface area contributed by atoms with Crippen molar-refractivity contribution in [3.8, 4) is 0 Å². The van der Waals surface area contributed by atoms with E-state index in [-0.39, 0.29) is 12.5 Å². The van der Waals surface area contributed by atoms with Gasteiger partial charge in [0.05, 0.1) is 6.04 Å². The Morgan fingerprint density at radius 3 is 2.59 bits per heavy atom. The zero-order valence-corrected chi connectivity index (χ0v) is 13.1. The van der Waals surface area contributed by atoms with Crippen LogP contribution in [0.1, 0.15) is 24.3 Å². The molecule has 4 saturated heterocycles. The second-order valence-corrected chi connectivity index (χ2v) is 6.85. The number of hydrogen-bond donors (Lipinski definition) is 0. The molecule has 1 amide bonds. The van der Waals surface area contributed by atoms with Crippen molar-refractivity contribution in [2.24, 2.45) is 5.92 Å². The second-order valence-electron chi connectivity index (χ2n) is 6.85. The van der Waals surface area contributed by atoms with Gasteiger partial charge in [-0.2, -0.15) is 0 Å². The molecule has 2 bridgehead atoms. The molecule has 0 N–H and O–H groups in total. The van der Waals surface area contributed by atoms with Crippen LogP contribution in [-0.2, 0) is 9.53 Å². The Morgan fingerprint density at radius 1 is 1.18 bits per heavy atom. The summed E-state index contributed by atoms with van der Waals surface area (Å²) in [5.41, 5.74) is 1.37. The number of methoxy groups -OCH3 is 1. The first-order valence-corrected chi connectivity index (χ1v) is 8.37. The van der Waals surface area contributed by atoms with Crippen LogP contribution in [0.5, 0.6) is 0 Å². The molecule has 22 heavy (non-hydrogen) atoms. The summed E-state index contributed by atoms with van der Waals surface area (Å²) >= 11 is 0. The van der Waals surface area contributed by atoms with Crippen molar-refractivity contribution >= 4 is 5.91 Å². The number of carbonyl (C=O) groups is 1. The molecule has 5 rings (SSSR count). The smallest absolute Gasteiger partial charge is 0.248 e. The number of amides is 1. The van der Waals surface area contributed by atoms with Crippen LogP contribution in [0.3, 0.4) is 0 Å². The molecule has 0 saturated carbocycles. The van der Waals surface area contributed by atoms with E-state index in [1.807, 2.05) is 0 Å². The zero-order valence-electron chi connectivity index (χ0n) is 13.1. The lowest BCUT2D eigenvalue weighted by Crippen LogP contribution is -2.61. The minimum Gasteiger partial charge on any atom is -0.375 e. The molecule has 4 aliphatic rings. The lowest BCUT2D eigenvalue weighted by atomic mass is 9.75. The number of carbonyl (C=O) groups excluding carboxylic acids is 1. The Morgan fingerprint density at radius 2 is 1.91 bits per heavy atom. The zero-order chi connectivity index (χ0) is 15.1. The number of benzene rings is 1. The van der Waals surface area contributed by atoms with Crippen molar-refractivity contribution in [2.45, 2.75) is 30.8 Å². The fourth-order valence-electron chi connectivity index (χ4n) is 4.90. The molecular formula is C18H24N2O2. The molecule has 0 aromatic heterocycles. The monoisotopic (exact) mass is 300 g/mol. The summed E-state index contributed by atoms with van der Waals surface area (Å²) in [6.07, 6.45) is 2.47. The fraction of sp³-hybridized carbons (Fsp3) is 0.611. The molecule has 0 radical (unpaired) electrons. The second kappa shape index (κ2) is 5.67. The lowest BCUT2D eigenvalue weighted by molar-refractivity contribution is -0.139. The minimum absolute atomic E-state index is 0.157. The Bertz CT molecular complexity index is 539. The molecule has 3 atom stereocenters. The first-order valence-electron chi connectivity index (χ1n) is 8.37. The van der Waals surface area contributed by atoms with Gasteiger partial charge in [0.1, 0.15) is 6.61 Å². The molecule has 1 aromatic rings. The summed E-state index contributed by atoms with van der Waals surface area (Å²) in [5, 5.41) is 0. The predicted octanol–water partition coefficient (Wildman–Crippen LogP) is 1.72. The van der Waals surface area contributed by atoms with E-state index < -0.39 is 0 Å². The highest BCUT2D eigenvalue weighted by atomic mass is 16.5. The van der Waals surface area contributed by atoms with Crippen molar-refractivity contribution < 1.29 is 9.53 Å². The van der Waals surface area contributed by atoms with E-state index >= 15 is 0 Å². The number of ether oxygens (including phenoxy) is 1. The van der Waals surface area contributed by atoms with Gasteiger partial charge in [-0.1, -0.05) is 30.3 Å². The summed E-state index contributed by atoms with van der Waals surface area (Å²) in [4.78, 5) is 17.3. The van der Waals surface area contributed by atoms with Crippen molar-refractivity contribution in [3.05, 3.63) is 35.9 Å². The number of hydrogen-bond acceptors (Lipinski definition) is 3. The van der Waals surface area contributed by atoms with Gasteiger partial charge in [-0.3, -0.25) is 9.69 Å². The molecule has 4 fully saturated rings. The maximum absolute atomic E-state index is 12.5. The average molecular weight is 300 g/mol. The van der Waals surface area contributed by atoms with E-state index in [0.29, 0.717) is 23.9 Å². The number of fused-ring (bicyclic) bond motifs is 2. The van der Waals surface area contributed by atoms with Crippen LogP contribution in [0, 0.1) is 5.92 Å². The molecular weight excluding hydrogens is 276 g/mol. The van der Waals surface area contributed by atoms with Crippen LogP contribution in [-0.4, -0.2) is 61.1 Å². The first-order chi connectivity index (χ1) is 10.8. The normalized spacial score (nSPS) is 36.4. The van der Waals surface area contributed by atoms with Crippen molar-refractivity contribution in [1.82, 2.24) is 9.80 Å². The molecule has 4 aliphatic heterocycles. The average Bonchev–Trinajstić information content (AvgIpc) is 3.00. The SMILES string of the molecule is COCC(=O)N1C[C@H](c2ccccc2)[C@H]2[C@@H]1C1CCN2CC1. The molecule has 0 spiro atoms. The van der Waals surface area contributed by atoms with E-state index in [2.05, 4.69) is 40.1 Å². The van der Waals surface area contributed by atoms with Gasteiger partial charge in [-0.25, -0.2) is 0 Å².